The van der Waals surface area contributed by atoms with Crippen LogP contribution in [0.1, 0.15) is 35.3 Å². The summed E-state index contributed by atoms with van der Waals surface area (Å²) < 4.78 is 1.72. The van der Waals surface area contributed by atoms with Crippen LogP contribution in [0, 0.1) is 12.3 Å². The Morgan fingerprint density at radius 3 is 2.74 bits per heavy atom. The van der Waals surface area contributed by atoms with Crippen LogP contribution in [-0.2, 0) is 11.8 Å². The van der Waals surface area contributed by atoms with E-state index in [0.717, 1.165) is 49.0 Å². The van der Waals surface area contributed by atoms with Crippen LogP contribution >= 0.6 is 0 Å². The molecule has 2 amide bonds. The molecule has 38 heavy (non-hydrogen) atoms. The molecular weight excluding hydrogens is 484 g/mol. The average Bonchev–Trinajstić information content (AvgIpc) is 3.63. The van der Waals surface area contributed by atoms with Crippen molar-refractivity contribution in [2.24, 2.45) is 12.5 Å². The molecule has 2 unspecified atom stereocenters. The normalized spacial score (nSPS) is 21.1. The Balaban J connectivity index is 1.11. The summed E-state index contributed by atoms with van der Waals surface area (Å²) in [5.74, 6) is -0.469. The summed E-state index contributed by atoms with van der Waals surface area (Å²) in [6.07, 6.45) is 9.33. The highest BCUT2D eigenvalue weighted by Gasteiger charge is 2.50. The Morgan fingerprint density at radius 2 is 2.03 bits per heavy atom. The summed E-state index contributed by atoms with van der Waals surface area (Å²) in [6.45, 7) is 3.61. The second-order valence-electron chi connectivity index (χ2n) is 10.5. The SMILES string of the molecule is Cc1ncc(NC(=O)CN2CCC3(CCC3O)C2)cc1NC(=O)c1cnc2[nH]c(-c3cnn(C)c3)cc2c1. The van der Waals surface area contributed by atoms with E-state index in [1.807, 2.05) is 19.3 Å². The molecule has 2 aliphatic rings. The Bertz CT molecular complexity index is 1540. The second-order valence-corrected chi connectivity index (χ2v) is 10.5. The van der Waals surface area contributed by atoms with Crippen molar-refractivity contribution in [3.05, 3.63) is 54.2 Å². The van der Waals surface area contributed by atoms with Crippen LogP contribution in [0.3, 0.4) is 0 Å². The fourth-order valence-electron chi connectivity index (χ4n) is 5.46. The number of aromatic nitrogens is 5. The van der Waals surface area contributed by atoms with E-state index in [1.165, 1.54) is 6.20 Å². The summed E-state index contributed by atoms with van der Waals surface area (Å²) in [5, 5.41) is 20.9. The molecule has 4 aromatic rings. The minimum Gasteiger partial charge on any atom is -0.392 e. The first-order valence-corrected chi connectivity index (χ1v) is 12.7. The molecule has 2 fully saturated rings. The number of nitrogens with one attached hydrogen (secondary N) is 3. The second kappa shape index (κ2) is 9.34. The summed E-state index contributed by atoms with van der Waals surface area (Å²) >= 11 is 0. The van der Waals surface area contributed by atoms with Gasteiger partial charge in [-0.05, 0) is 50.9 Å². The fourth-order valence-corrected chi connectivity index (χ4v) is 5.46. The van der Waals surface area contributed by atoms with Gasteiger partial charge in [0.2, 0.25) is 5.91 Å². The van der Waals surface area contributed by atoms with E-state index in [9.17, 15) is 14.7 Å². The molecule has 1 aliphatic heterocycles. The third-order valence-electron chi connectivity index (χ3n) is 7.82. The topological polar surface area (TPSA) is 141 Å². The first-order chi connectivity index (χ1) is 18.3. The maximum absolute atomic E-state index is 13.1. The molecule has 0 aromatic carbocycles. The number of anilines is 2. The number of likely N-dealkylation sites (tertiary alicyclic amines) is 1. The van der Waals surface area contributed by atoms with Crippen molar-refractivity contribution in [3.63, 3.8) is 0 Å². The predicted molar refractivity (Wildman–Crippen MR) is 143 cm³/mol. The van der Waals surface area contributed by atoms with Gasteiger partial charge in [-0.1, -0.05) is 0 Å². The van der Waals surface area contributed by atoms with Crippen LogP contribution < -0.4 is 10.6 Å². The molecule has 11 heteroatoms. The molecule has 196 valence electrons. The van der Waals surface area contributed by atoms with Crippen LogP contribution in [0.15, 0.2) is 43.0 Å². The van der Waals surface area contributed by atoms with Crippen LogP contribution in [0.2, 0.25) is 0 Å². The standard InChI is InChI=1S/C27H30N8O3/c1-16-21(9-20(12-28-16)31-24(37)14-35-6-5-27(15-35)4-3-23(27)36)33-26(38)18-7-17-8-22(32-25(17)29-10-18)19-11-30-34(2)13-19/h7-13,23,36H,3-6,14-15H2,1-2H3,(H,29,32)(H,31,37)(H,33,38). The van der Waals surface area contributed by atoms with Crippen molar-refractivity contribution in [3.8, 4) is 11.3 Å². The monoisotopic (exact) mass is 514 g/mol. The minimum atomic E-state index is -0.321. The van der Waals surface area contributed by atoms with Gasteiger partial charge < -0.3 is 20.7 Å². The zero-order valence-electron chi connectivity index (χ0n) is 21.4. The predicted octanol–water partition coefficient (Wildman–Crippen LogP) is 2.70. The van der Waals surface area contributed by atoms with Crippen molar-refractivity contribution in [1.82, 2.24) is 29.6 Å². The molecule has 1 saturated carbocycles. The first-order valence-electron chi connectivity index (χ1n) is 12.7. The smallest absolute Gasteiger partial charge is 0.257 e. The van der Waals surface area contributed by atoms with Gasteiger partial charge in [-0.15, -0.1) is 0 Å². The Hall–Kier alpha value is -4.09. The van der Waals surface area contributed by atoms with Crippen molar-refractivity contribution >= 4 is 34.2 Å². The van der Waals surface area contributed by atoms with Crippen molar-refractivity contribution < 1.29 is 14.7 Å². The van der Waals surface area contributed by atoms with E-state index in [4.69, 9.17) is 0 Å². The van der Waals surface area contributed by atoms with Crippen LogP contribution in [0.25, 0.3) is 22.3 Å². The molecule has 5 heterocycles. The molecular formula is C27H30N8O3. The number of hydrogen-bond acceptors (Lipinski definition) is 7. The Morgan fingerprint density at radius 1 is 1.16 bits per heavy atom. The molecule has 2 atom stereocenters. The lowest BCUT2D eigenvalue weighted by Gasteiger charge is -2.43. The number of aromatic amines is 1. The maximum Gasteiger partial charge on any atom is 0.257 e. The number of rotatable bonds is 6. The highest BCUT2D eigenvalue weighted by atomic mass is 16.3. The minimum absolute atomic E-state index is 0.0261. The molecule has 0 bridgehead atoms. The number of H-pyrrole nitrogens is 1. The van der Waals surface area contributed by atoms with Gasteiger partial charge in [-0.3, -0.25) is 24.2 Å². The average molecular weight is 515 g/mol. The largest absolute Gasteiger partial charge is 0.392 e. The first kappa shape index (κ1) is 24.3. The quantitative estimate of drug-likeness (QED) is 0.310. The van der Waals surface area contributed by atoms with E-state index in [0.29, 0.717) is 28.3 Å². The summed E-state index contributed by atoms with van der Waals surface area (Å²) in [5.41, 5.74) is 4.51. The number of amides is 2. The molecule has 4 aromatic heterocycles. The van der Waals surface area contributed by atoms with Gasteiger partial charge in [0.1, 0.15) is 5.65 Å². The molecule has 11 nitrogen and oxygen atoms in total. The number of carbonyl (C=O) groups is 2. The number of aliphatic hydroxyl groups is 1. The lowest BCUT2D eigenvalue weighted by molar-refractivity contribution is -0.117. The summed E-state index contributed by atoms with van der Waals surface area (Å²) in [4.78, 5) is 39.9. The van der Waals surface area contributed by atoms with Crippen molar-refractivity contribution in [1.29, 1.82) is 0 Å². The molecule has 6 rings (SSSR count). The summed E-state index contributed by atoms with van der Waals surface area (Å²) in [6, 6.07) is 5.43. The highest BCUT2D eigenvalue weighted by molar-refractivity contribution is 6.06. The van der Waals surface area contributed by atoms with Crippen molar-refractivity contribution in [2.45, 2.75) is 32.3 Å². The van der Waals surface area contributed by atoms with Gasteiger partial charge in [-0.2, -0.15) is 5.10 Å². The Kier molecular flexibility index (Phi) is 5.96. The van der Waals surface area contributed by atoms with Crippen LogP contribution in [-0.4, -0.2) is 72.3 Å². The number of hydrogen-bond donors (Lipinski definition) is 4. The number of fused-ring (bicyclic) bond motifs is 1. The molecule has 4 N–H and O–H groups in total. The third-order valence-corrected chi connectivity index (χ3v) is 7.82. The number of carbonyl (C=O) groups excluding carboxylic acids is 2. The fraction of sp³-hybridized carbons (Fsp3) is 0.370. The molecule has 1 spiro atoms. The van der Waals surface area contributed by atoms with E-state index in [-0.39, 0.29) is 29.9 Å². The lowest BCUT2D eigenvalue weighted by Crippen LogP contribution is -2.47. The number of pyridine rings is 2. The van der Waals surface area contributed by atoms with Gasteiger partial charge in [-0.25, -0.2) is 4.98 Å². The van der Waals surface area contributed by atoms with Gasteiger partial charge in [0.25, 0.3) is 5.91 Å². The van der Waals surface area contributed by atoms with Gasteiger partial charge in [0.15, 0.2) is 0 Å². The third kappa shape index (κ3) is 4.54. The van der Waals surface area contributed by atoms with E-state index in [2.05, 4.69) is 35.6 Å². The van der Waals surface area contributed by atoms with E-state index < -0.39 is 0 Å². The highest BCUT2D eigenvalue weighted by Crippen LogP contribution is 2.48. The van der Waals surface area contributed by atoms with Gasteiger partial charge in [0.05, 0.1) is 53.4 Å². The number of aryl methyl sites for hydroxylation is 2. The lowest BCUT2D eigenvalue weighted by atomic mass is 9.66. The number of nitrogens with zero attached hydrogens (tertiary/aromatic N) is 5. The van der Waals surface area contributed by atoms with Crippen LogP contribution in [0.4, 0.5) is 11.4 Å². The van der Waals surface area contributed by atoms with Gasteiger partial charge >= 0.3 is 0 Å². The van der Waals surface area contributed by atoms with Gasteiger partial charge in [0, 0.05) is 42.4 Å². The van der Waals surface area contributed by atoms with Crippen LogP contribution in [0.5, 0.6) is 0 Å². The molecule has 1 aliphatic carbocycles. The molecule has 1 saturated heterocycles. The maximum atomic E-state index is 13.1. The van der Waals surface area contributed by atoms with E-state index in [1.54, 1.807) is 36.1 Å². The zero-order valence-corrected chi connectivity index (χ0v) is 21.4. The zero-order chi connectivity index (χ0) is 26.4. The number of aliphatic hydroxyl groups excluding tert-OH is 1. The van der Waals surface area contributed by atoms with E-state index >= 15 is 0 Å². The Labute approximate surface area is 219 Å². The summed E-state index contributed by atoms with van der Waals surface area (Å²) in [7, 11) is 1.85. The molecule has 0 radical (unpaired) electrons. The van der Waals surface area contributed by atoms with Crippen molar-refractivity contribution in [2.75, 3.05) is 30.3 Å².